The average molecular weight is 305 g/mol. The van der Waals surface area contributed by atoms with Crippen molar-refractivity contribution in [3.05, 3.63) is 23.8 Å². The van der Waals surface area contributed by atoms with E-state index in [0.717, 1.165) is 35.7 Å². The van der Waals surface area contributed by atoms with Gasteiger partial charge in [-0.25, -0.2) is 4.98 Å². The number of aromatic nitrogens is 2. The van der Waals surface area contributed by atoms with Crippen molar-refractivity contribution in [1.29, 1.82) is 0 Å². The van der Waals surface area contributed by atoms with E-state index in [0.29, 0.717) is 6.04 Å². The van der Waals surface area contributed by atoms with Gasteiger partial charge in [-0.2, -0.15) is 0 Å². The zero-order chi connectivity index (χ0) is 15.0. The van der Waals surface area contributed by atoms with Crippen LogP contribution >= 0.6 is 11.8 Å². The number of para-hydroxylation sites is 1. The largest absolute Gasteiger partial charge is 0.481 e. The maximum absolute atomic E-state index is 10.9. The van der Waals surface area contributed by atoms with E-state index >= 15 is 0 Å². The predicted molar refractivity (Wildman–Crippen MR) is 84.0 cm³/mol. The van der Waals surface area contributed by atoms with Gasteiger partial charge in [0.15, 0.2) is 5.16 Å². The third-order valence-corrected chi connectivity index (χ3v) is 4.87. The minimum Gasteiger partial charge on any atom is -0.481 e. The molecule has 2 aromatic rings. The quantitative estimate of drug-likeness (QED) is 0.879. The molecule has 5 nitrogen and oxygen atoms in total. The summed E-state index contributed by atoms with van der Waals surface area (Å²) in [4.78, 5) is 17.8. The first-order chi connectivity index (χ1) is 10.1. The Morgan fingerprint density at radius 1 is 1.52 bits per heavy atom. The lowest BCUT2D eigenvalue weighted by molar-refractivity contribution is -0.133. The van der Waals surface area contributed by atoms with Gasteiger partial charge < -0.3 is 14.6 Å². The van der Waals surface area contributed by atoms with E-state index in [2.05, 4.69) is 34.5 Å². The number of hydrogen-bond acceptors (Lipinski definition) is 4. The second kappa shape index (κ2) is 5.69. The van der Waals surface area contributed by atoms with Crippen molar-refractivity contribution in [1.82, 2.24) is 14.5 Å². The molecule has 112 valence electrons. The summed E-state index contributed by atoms with van der Waals surface area (Å²) in [6.45, 7) is 4.14. The number of aryl methyl sites for hydroxylation is 1. The molecule has 1 aromatic heterocycles. The SMILES string of the molecule is Cc1cccc2nc(SCC(=O)O)n(C3CCN(C)C3)c12. The monoisotopic (exact) mass is 305 g/mol. The smallest absolute Gasteiger partial charge is 0.313 e. The number of hydrogen-bond donors (Lipinski definition) is 1. The number of carboxylic acids is 1. The number of thioether (sulfide) groups is 1. The van der Waals surface area contributed by atoms with Gasteiger partial charge >= 0.3 is 5.97 Å². The zero-order valence-electron chi connectivity index (χ0n) is 12.2. The van der Waals surface area contributed by atoms with Crippen LogP contribution < -0.4 is 0 Å². The van der Waals surface area contributed by atoms with Gasteiger partial charge in [-0.05, 0) is 38.6 Å². The van der Waals surface area contributed by atoms with Gasteiger partial charge in [-0.1, -0.05) is 23.9 Å². The number of aliphatic carboxylic acids is 1. The van der Waals surface area contributed by atoms with Crippen molar-refractivity contribution in [3.8, 4) is 0 Å². The molecular weight excluding hydrogens is 286 g/mol. The van der Waals surface area contributed by atoms with Crippen LogP contribution in [0.4, 0.5) is 0 Å². The Balaban J connectivity index is 2.08. The van der Waals surface area contributed by atoms with E-state index in [4.69, 9.17) is 5.11 Å². The highest BCUT2D eigenvalue weighted by molar-refractivity contribution is 7.99. The minimum atomic E-state index is -0.807. The van der Waals surface area contributed by atoms with Crippen LogP contribution in [-0.2, 0) is 4.79 Å². The first-order valence-electron chi connectivity index (χ1n) is 7.07. The molecule has 1 aromatic carbocycles. The van der Waals surface area contributed by atoms with E-state index in [9.17, 15) is 4.79 Å². The van der Waals surface area contributed by atoms with E-state index in [1.165, 1.54) is 17.3 Å². The van der Waals surface area contributed by atoms with Crippen molar-refractivity contribution in [3.63, 3.8) is 0 Å². The van der Waals surface area contributed by atoms with Crippen LogP contribution in [0.15, 0.2) is 23.4 Å². The first kappa shape index (κ1) is 14.4. The number of rotatable bonds is 4. The standard InChI is InChI=1S/C15H19N3O2S/c1-10-4-3-5-12-14(10)18(11-6-7-17(2)8-11)15(16-12)21-9-13(19)20/h3-5,11H,6-9H2,1-2H3,(H,19,20). The van der Waals surface area contributed by atoms with Crippen LogP contribution in [0.5, 0.6) is 0 Å². The molecule has 1 fully saturated rings. The molecule has 2 heterocycles. The van der Waals surface area contributed by atoms with E-state index in [-0.39, 0.29) is 5.75 Å². The Labute approximate surface area is 128 Å². The van der Waals surface area contributed by atoms with Gasteiger partial charge in [0.2, 0.25) is 0 Å². The van der Waals surface area contributed by atoms with Crippen LogP contribution in [0, 0.1) is 6.92 Å². The third kappa shape index (κ3) is 2.78. The highest BCUT2D eigenvalue weighted by Crippen LogP contribution is 2.33. The summed E-state index contributed by atoms with van der Waals surface area (Å²) in [5.74, 6) is -0.760. The van der Waals surface area contributed by atoms with E-state index < -0.39 is 5.97 Å². The summed E-state index contributed by atoms with van der Waals surface area (Å²) in [6, 6.07) is 6.46. The van der Waals surface area contributed by atoms with Crippen LogP contribution in [0.3, 0.4) is 0 Å². The van der Waals surface area contributed by atoms with Crippen LogP contribution in [-0.4, -0.2) is 51.4 Å². The Kier molecular flexibility index (Phi) is 3.91. The molecule has 0 amide bonds. The molecule has 1 aliphatic heterocycles. The molecule has 21 heavy (non-hydrogen) atoms. The predicted octanol–water partition coefficient (Wildman–Crippen LogP) is 2.40. The molecule has 3 rings (SSSR count). The third-order valence-electron chi connectivity index (χ3n) is 3.94. The molecule has 0 aliphatic carbocycles. The van der Waals surface area contributed by atoms with Gasteiger partial charge in [0.05, 0.1) is 22.8 Å². The number of fused-ring (bicyclic) bond motifs is 1. The molecule has 1 atom stereocenters. The van der Waals surface area contributed by atoms with Crippen molar-refractivity contribution in [2.24, 2.45) is 0 Å². The minimum absolute atomic E-state index is 0.0466. The molecule has 1 N–H and O–H groups in total. The molecule has 0 saturated carbocycles. The maximum atomic E-state index is 10.9. The van der Waals surface area contributed by atoms with Crippen molar-refractivity contribution in [2.45, 2.75) is 24.5 Å². The first-order valence-corrected chi connectivity index (χ1v) is 8.05. The van der Waals surface area contributed by atoms with Gasteiger partial charge in [0.1, 0.15) is 0 Å². The molecule has 1 saturated heterocycles. The van der Waals surface area contributed by atoms with Gasteiger partial charge in [0, 0.05) is 6.54 Å². The Morgan fingerprint density at radius 2 is 2.33 bits per heavy atom. The number of likely N-dealkylation sites (N-methyl/N-ethyl adjacent to an activating group) is 1. The highest BCUT2D eigenvalue weighted by atomic mass is 32.2. The lowest BCUT2D eigenvalue weighted by Crippen LogP contribution is -2.17. The van der Waals surface area contributed by atoms with E-state index in [1.54, 1.807) is 0 Å². The highest BCUT2D eigenvalue weighted by Gasteiger charge is 2.26. The maximum Gasteiger partial charge on any atom is 0.313 e. The second-order valence-electron chi connectivity index (χ2n) is 5.59. The molecule has 1 unspecified atom stereocenters. The lowest BCUT2D eigenvalue weighted by atomic mass is 10.2. The topological polar surface area (TPSA) is 58.4 Å². The van der Waals surface area contributed by atoms with E-state index in [1.807, 2.05) is 12.1 Å². The Hall–Kier alpha value is -1.53. The fourth-order valence-corrected chi connectivity index (χ4v) is 3.78. The summed E-state index contributed by atoms with van der Waals surface area (Å²) < 4.78 is 2.25. The summed E-state index contributed by atoms with van der Waals surface area (Å²) in [6.07, 6.45) is 1.08. The average Bonchev–Trinajstić information content (AvgIpc) is 3.00. The summed E-state index contributed by atoms with van der Waals surface area (Å²) >= 11 is 1.31. The normalized spacial score (nSPS) is 19.4. The van der Waals surface area contributed by atoms with Crippen molar-refractivity contribution < 1.29 is 9.90 Å². The zero-order valence-corrected chi connectivity index (χ0v) is 13.1. The number of carbonyl (C=O) groups is 1. The van der Waals surface area contributed by atoms with Gasteiger partial charge in [-0.15, -0.1) is 0 Å². The van der Waals surface area contributed by atoms with Crippen LogP contribution in [0.1, 0.15) is 18.0 Å². The number of likely N-dealkylation sites (tertiary alicyclic amines) is 1. The number of imidazole rings is 1. The van der Waals surface area contributed by atoms with Crippen molar-refractivity contribution >= 4 is 28.8 Å². The summed E-state index contributed by atoms with van der Waals surface area (Å²) in [5, 5.41) is 9.76. The summed E-state index contributed by atoms with van der Waals surface area (Å²) in [5.41, 5.74) is 3.29. The number of carboxylic acid groups (broad SMARTS) is 1. The van der Waals surface area contributed by atoms with Crippen LogP contribution in [0.25, 0.3) is 11.0 Å². The van der Waals surface area contributed by atoms with Gasteiger partial charge in [0.25, 0.3) is 0 Å². The molecule has 0 spiro atoms. The fourth-order valence-electron chi connectivity index (χ4n) is 2.99. The van der Waals surface area contributed by atoms with Crippen molar-refractivity contribution in [2.75, 3.05) is 25.9 Å². The Morgan fingerprint density at radius 3 is 3.00 bits per heavy atom. The number of benzene rings is 1. The number of nitrogens with zero attached hydrogens (tertiary/aromatic N) is 3. The molecule has 0 bridgehead atoms. The van der Waals surface area contributed by atoms with Gasteiger partial charge in [-0.3, -0.25) is 4.79 Å². The Bertz CT molecular complexity index is 683. The fraction of sp³-hybridized carbons (Fsp3) is 0.467. The summed E-state index contributed by atoms with van der Waals surface area (Å²) in [7, 11) is 2.12. The van der Waals surface area contributed by atoms with Crippen LogP contribution in [0.2, 0.25) is 0 Å². The molecule has 0 radical (unpaired) electrons. The molecule has 6 heteroatoms. The molecular formula is C15H19N3O2S. The lowest BCUT2D eigenvalue weighted by Gasteiger charge is -2.17. The second-order valence-corrected chi connectivity index (χ2v) is 6.54. The molecule has 1 aliphatic rings.